The maximum atomic E-state index is 8.32. The van der Waals surface area contributed by atoms with Crippen LogP contribution < -0.4 is 0 Å². The maximum Gasteiger partial charge on any atom is 0.305 e. The van der Waals surface area contributed by atoms with Crippen molar-refractivity contribution in [2.45, 2.75) is 0 Å². The van der Waals surface area contributed by atoms with Crippen molar-refractivity contribution in [1.29, 1.82) is 0 Å². The largest absolute Gasteiger partial charge is 0.361 e. The zero-order chi connectivity index (χ0) is 9.10. The molecule has 1 aromatic carbocycles. The van der Waals surface area contributed by atoms with E-state index in [2.05, 4.69) is 9.77 Å². The highest BCUT2D eigenvalue weighted by molar-refractivity contribution is 5.83. The van der Waals surface area contributed by atoms with Crippen LogP contribution in [0, 0.1) is 0 Å². The minimum absolute atomic E-state index is 0.654. The Labute approximate surface area is 75.3 Å². The van der Waals surface area contributed by atoms with E-state index >= 15 is 0 Å². The molecule has 0 atom stereocenters. The number of para-hydroxylation sites is 1. The molecule has 0 spiro atoms. The van der Waals surface area contributed by atoms with Gasteiger partial charge < -0.3 is 5.53 Å². The lowest BCUT2D eigenvalue weighted by Gasteiger charge is -1.94. The topological polar surface area (TPSA) is 49.3 Å². The fourth-order valence-corrected chi connectivity index (χ4v) is 1.21. The van der Waals surface area contributed by atoms with Gasteiger partial charge in [0.1, 0.15) is 5.69 Å². The van der Waals surface area contributed by atoms with Crippen molar-refractivity contribution in [1.82, 2.24) is 4.98 Å². The molecule has 0 unspecified atom stereocenters. The summed E-state index contributed by atoms with van der Waals surface area (Å²) in [6.07, 6.45) is 1.31. The number of rotatable bonds is 1. The molecule has 1 aromatic heterocycles. The van der Waals surface area contributed by atoms with Gasteiger partial charge in [0.25, 0.3) is 0 Å². The highest BCUT2D eigenvalue weighted by atomic mass is 14.8. The Balaban J connectivity index is 2.68. The molecule has 0 aliphatic carbocycles. The molecule has 0 fully saturated rings. The number of hydrogen-bond donors (Lipinski definition) is 0. The standard InChI is InChI=1S/C10H7N3/c11-12-7-9-6-5-8-3-1-2-4-10(8)13-9/h1-7H. The molecule has 0 saturated carbocycles. The first-order chi connectivity index (χ1) is 6.40. The van der Waals surface area contributed by atoms with Crippen LogP contribution in [0.2, 0.25) is 0 Å². The van der Waals surface area contributed by atoms with Crippen LogP contribution in [0.15, 0.2) is 36.4 Å². The number of benzene rings is 1. The number of nitrogens with zero attached hydrogens (tertiary/aromatic N) is 3. The molecule has 0 bridgehead atoms. The summed E-state index contributed by atoms with van der Waals surface area (Å²) in [5, 5.41) is 1.08. The van der Waals surface area contributed by atoms with Gasteiger partial charge in [-0.25, -0.2) is 4.98 Å². The van der Waals surface area contributed by atoms with Crippen molar-refractivity contribution in [3.63, 3.8) is 0 Å². The zero-order valence-electron chi connectivity index (χ0n) is 6.88. The molecule has 2 aromatic rings. The number of aromatic nitrogens is 1. The molecule has 3 nitrogen and oxygen atoms in total. The first kappa shape index (κ1) is 7.65. The van der Waals surface area contributed by atoms with Gasteiger partial charge in [0.05, 0.1) is 5.52 Å². The highest BCUT2D eigenvalue weighted by Crippen LogP contribution is 2.10. The van der Waals surface area contributed by atoms with Crippen LogP contribution in [0.1, 0.15) is 5.69 Å². The zero-order valence-corrected chi connectivity index (χ0v) is 6.88. The van der Waals surface area contributed by atoms with E-state index in [9.17, 15) is 0 Å². The summed E-state index contributed by atoms with van der Waals surface area (Å²) in [5.41, 5.74) is 9.88. The van der Waals surface area contributed by atoms with E-state index in [1.165, 1.54) is 6.21 Å². The Hall–Kier alpha value is -1.99. The number of pyridine rings is 1. The SMILES string of the molecule is [N-]=[N+]=Cc1ccc2ccccc2n1. The van der Waals surface area contributed by atoms with E-state index in [4.69, 9.17) is 5.53 Å². The molecule has 62 valence electrons. The Morgan fingerprint density at radius 1 is 1.15 bits per heavy atom. The fourth-order valence-electron chi connectivity index (χ4n) is 1.21. The lowest BCUT2D eigenvalue weighted by atomic mass is 10.2. The lowest BCUT2D eigenvalue weighted by Crippen LogP contribution is -1.87. The summed E-state index contributed by atoms with van der Waals surface area (Å²) >= 11 is 0. The van der Waals surface area contributed by atoms with Gasteiger partial charge in [-0.2, -0.15) is 4.79 Å². The number of fused-ring (bicyclic) bond motifs is 1. The Morgan fingerprint density at radius 2 is 2.00 bits per heavy atom. The molecule has 0 saturated heterocycles. The van der Waals surface area contributed by atoms with Crippen molar-refractivity contribution in [2.75, 3.05) is 0 Å². The molecule has 0 amide bonds. The molecule has 2 rings (SSSR count). The van der Waals surface area contributed by atoms with Gasteiger partial charge in [-0.3, -0.25) is 0 Å². The van der Waals surface area contributed by atoms with Crippen LogP contribution in [-0.4, -0.2) is 16.0 Å². The predicted molar refractivity (Wildman–Crippen MR) is 50.5 cm³/mol. The van der Waals surface area contributed by atoms with Crippen LogP contribution in [0.25, 0.3) is 16.4 Å². The summed E-state index contributed by atoms with van der Waals surface area (Å²) in [5.74, 6) is 0. The second-order valence-corrected chi connectivity index (χ2v) is 2.67. The minimum Gasteiger partial charge on any atom is -0.361 e. The molecule has 1 heterocycles. The molecule has 0 N–H and O–H groups in total. The fraction of sp³-hybridized carbons (Fsp3) is 0. The first-order valence-electron chi connectivity index (χ1n) is 3.93. The van der Waals surface area contributed by atoms with E-state index < -0.39 is 0 Å². The summed E-state index contributed by atoms with van der Waals surface area (Å²) < 4.78 is 0. The highest BCUT2D eigenvalue weighted by Gasteiger charge is 1.96. The predicted octanol–water partition coefficient (Wildman–Crippen LogP) is 1.88. The smallest absolute Gasteiger partial charge is 0.305 e. The Kier molecular flexibility index (Phi) is 1.87. The van der Waals surface area contributed by atoms with Crippen LogP contribution in [-0.2, 0) is 0 Å². The maximum absolute atomic E-state index is 8.32. The summed E-state index contributed by atoms with van der Waals surface area (Å²) in [6, 6.07) is 11.5. The first-order valence-corrected chi connectivity index (χ1v) is 3.93. The van der Waals surface area contributed by atoms with Gasteiger partial charge in [0.2, 0.25) is 0 Å². The van der Waals surface area contributed by atoms with Crippen molar-refractivity contribution in [2.24, 2.45) is 0 Å². The molecular weight excluding hydrogens is 162 g/mol. The third kappa shape index (κ3) is 1.45. The molecular formula is C10H7N3. The van der Waals surface area contributed by atoms with E-state index in [-0.39, 0.29) is 0 Å². The third-order valence-corrected chi connectivity index (χ3v) is 1.81. The Bertz CT molecular complexity index is 484. The summed E-state index contributed by atoms with van der Waals surface area (Å²) in [6.45, 7) is 0. The van der Waals surface area contributed by atoms with Crippen LogP contribution in [0.4, 0.5) is 0 Å². The van der Waals surface area contributed by atoms with Crippen molar-refractivity contribution >= 4 is 17.1 Å². The van der Waals surface area contributed by atoms with Crippen LogP contribution in [0.3, 0.4) is 0 Å². The van der Waals surface area contributed by atoms with E-state index in [1.54, 1.807) is 0 Å². The van der Waals surface area contributed by atoms with Gasteiger partial charge in [0.15, 0.2) is 0 Å². The quantitative estimate of drug-likeness (QED) is 0.365. The van der Waals surface area contributed by atoms with Gasteiger partial charge >= 0.3 is 6.21 Å². The molecule has 13 heavy (non-hydrogen) atoms. The third-order valence-electron chi connectivity index (χ3n) is 1.81. The molecule has 0 radical (unpaired) electrons. The van der Waals surface area contributed by atoms with E-state index in [0.717, 1.165) is 10.9 Å². The number of hydrogen-bond acceptors (Lipinski definition) is 1. The minimum atomic E-state index is 0.654. The van der Waals surface area contributed by atoms with Crippen LogP contribution >= 0.6 is 0 Å². The van der Waals surface area contributed by atoms with Crippen molar-refractivity contribution in [3.05, 3.63) is 47.6 Å². The second kappa shape index (κ2) is 3.17. The van der Waals surface area contributed by atoms with Gasteiger partial charge in [-0.05, 0) is 12.1 Å². The summed E-state index contributed by atoms with van der Waals surface area (Å²) in [7, 11) is 0. The second-order valence-electron chi connectivity index (χ2n) is 2.67. The average Bonchev–Trinajstić information content (AvgIpc) is 2.18. The molecule has 0 aliphatic heterocycles. The van der Waals surface area contributed by atoms with Gasteiger partial charge in [-0.15, -0.1) is 0 Å². The van der Waals surface area contributed by atoms with E-state index in [0.29, 0.717) is 5.69 Å². The van der Waals surface area contributed by atoms with E-state index in [1.807, 2.05) is 36.4 Å². The lowest BCUT2D eigenvalue weighted by molar-refractivity contribution is 0.00429. The Morgan fingerprint density at radius 3 is 2.85 bits per heavy atom. The monoisotopic (exact) mass is 169 g/mol. The van der Waals surface area contributed by atoms with Crippen molar-refractivity contribution < 1.29 is 4.79 Å². The molecule has 0 aliphatic rings. The average molecular weight is 169 g/mol. The molecule has 3 heteroatoms. The van der Waals surface area contributed by atoms with Crippen LogP contribution in [0.5, 0.6) is 0 Å². The van der Waals surface area contributed by atoms with Crippen molar-refractivity contribution in [3.8, 4) is 0 Å². The van der Waals surface area contributed by atoms with Gasteiger partial charge in [-0.1, -0.05) is 24.3 Å². The summed E-state index contributed by atoms with van der Waals surface area (Å²) in [4.78, 5) is 7.18. The van der Waals surface area contributed by atoms with Gasteiger partial charge in [0, 0.05) is 5.39 Å². The normalized spacial score (nSPS) is 9.54.